The van der Waals surface area contributed by atoms with E-state index in [2.05, 4.69) is 234 Å². The molecule has 15 rings (SSSR count). The SMILES string of the molecule is CC1(C)CCC(C)(C)c2cc(N3B4c5cc6c(cc5-n5c7ccc8ccccc8c7c7c(-c8cccc9c8-c8ccccc8C9(C)C)cc(c4c75)-c4cc5c(cc43)C(C)(C)CCC5(C)C)C(C)(C)CCC6(C)C)ccc21. The summed E-state index contributed by atoms with van der Waals surface area (Å²) >= 11 is 0. The van der Waals surface area contributed by atoms with Gasteiger partial charge in [0.15, 0.2) is 0 Å². The Morgan fingerprint density at radius 3 is 1.62 bits per heavy atom. The number of fused-ring (bicyclic) bond motifs is 16. The number of hydrogen-bond donors (Lipinski definition) is 0. The van der Waals surface area contributed by atoms with E-state index in [-0.39, 0.29) is 44.8 Å². The standard InChI is InChI=1S/C73H75BN2/c1-67(2)30-31-68(3,4)53-36-43(27-28-51(53)67)76-60-40-56-54(69(5,6)32-34-71(56,9)10)38-47(60)49-37-48(45-23-19-25-52-62(45)46-22-17-18-24-50(46)73(52,13)14)64-63-44-21-16-15-20-42(44)26-29-59(63)75-61-41-57-55(70(7,8)33-35-72(57,11)12)39-58(61)74(76)65(49)66(64)75/h15-29,36-41H,30-35H2,1-14H3. The van der Waals surface area contributed by atoms with E-state index in [1.54, 1.807) is 0 Å². The van der Waals surface area contributed by atoms with E-state index in [0.29, 0.717) is 0 Å². The van der Waals surface area contributed by atoms with E-state index in [0.717, 1.165) is 0 Å². The van der Waals surface area contributed by atoms with Gasteiger partial charge in [-0.25, -0.2) is 0 Å². The molecule has 0 spiro atoms. The molecule has 380 valence electrons. The lowest BCUT2D eigenvalue weighted by molar-refractivity contribution is 0.332. The van der Waals surface area contributed by atoms with Crippen LogP contribution in [0.1, 0.15) is 180 Å². The molecule has 1 aromatic heterocycles. The molecule has 2 nitrogen and oxygen atoms in total. The maximum Gasteiger partial charge on any atom is 0.333 e. The van der Waals surface area contributed by atoms with Crippen molar-refractivity contribution in [2.45, 2.75) is 173 Å². The summed E-state index contributed by atoms with van der Waals surface area (Å²) in [5.41, 5.74) is 29.8. The Morgan fingerprint density at radius 2 is 0.934 bits per heavy atom. The van der Waals surface area contributed by atoms with Crippen molar-refractivity contribution >= 4 is 61.7 Å². The second-order valence-corrected chi connectivity index (χ2v) is 29.2. The highest BCUT2D eigenvalue weighted by molar-refractivity contribution is 6.94. The summed E-state index contributed by atoms with van der Waals surface area (Å²) in [6, 6.07) is 52.0. The van der Waals surface area contributed by atoms with Crippen LogP contribution in [0, 0.1) is 0 Å². The van der Waals surface area contributed by atoms with E-state index < -0.39 is 0 Å². The van der Waals surface area contributed by atoms with Crippen LogP contribution in [0.3, 0.4) is 0 Å². The van der Waals surface area contributed by atoms with Crippen LogP contribution in [-0.2, 0) is 37.9 Å². The van der Waals surface area contributed by atoms with Crippen LogP contribution in [0.2, 0.25) is 0 Å². The summed E-state index contributed by atoms with van der Waals surface area (Å²) in [6.45, 7) is 34.9. The minimum absolute atomic E-state index is 0.0277. The molecule has 0 radical (unpaired) electrons. The molecule has 9 aromatic rings. The van der Waals surface area contributed by atoms with Crippen molar-refractivity contribution < 1.29 is 0 Å². The average molecular weight is 991 g/mol. The maximum atomic E-state index is 2.89. The summed E-state index contributed by atoms with van der Waals surface area (Å²) in [7, 11) is 0. The van der Waals surface area contributed by atoms with Crippen molar-refractivity contribution in [3.8, 4) is 39.1 Å². The van der Waals surface area contributed by atoms with Gasteiger partial charge in [-0.1, -0.05) is 182 Å². The summed E-state index contributed by atoms with van der Waals surface area (Å²) in [5.74, 6) is 0. The number of nitrogens with zero attached hydrogens (tertiary/aromatic N) is 2. The largest absolute Gasteiger partial charge is 0.376 e. The Hall–Kier alpha value is -6.32. The molecule has 0 saturated heterocycles. The lowest BCUT2D eigenvalue weighted by Gasteiger charge is -2.48. The van der Waals surface area contributed by atoms with E-state index in [1.165, 1.54) is 177 Å². The molecule has 0 atom stereocenters. The monoisotopic (exact) mass is 991 g/mol. The highest BCUT2D eigenvalue weighted by Crippen LogP contribution is 2.59. The molecule has 2 aliphatic heterocycles. The first kappa shape index (κ1) is 46.9. The Labute approximate surface area is 453 Å². The topological polar surface area (TPSA) is 8.17 Å². The number of hydrogen-bond acceptors (Lipinski definition) is 1. The molecule has 0 fully saturated rings. The van der Waals surface area contributed by atoms with Crippen molar-refractivity contribution in [2.75, 3.05) is 4.81 Å². The van der Waals surface area contributed by atoms with Gasteiger partial charge in [-0.05, 0) is 208 Å². The Kier molecular flexibility index (Phi) is 9.03. The second kappa shape index (κ2) is 14.6. The van der Waals surface area contributed by atoms with Crippen molar-refractivity contribution in [3.05, 3.63) is 172 Å². The van der Waals surface area contributed by atoms with Gasteiger partial charge in [-0.3, -0.25) is 0 Å². The van der Waals surface area contributed by atoms with Crippen LogP contribution in [-0.4, -0.2) is 11.4 Å². The maximum absolute atomic E-state index is 2.89. The first-order chi connectivity index (χ1) is 35.9. The minimum Gasteiger partial charge on any atom is -0.376 e. The fourth-order valence-electron chi connectivity index (χ4n) is 16.6. The summed E-state index contributed by atoms with van der Waals surface area (Å²) < 4.78 is 2.79. The van der Waals surface area contributed by atoms with Crippen molar-refractivity contribution in [3.63, 3.8) is 0 Å². The number of aromatic nitrogens is 1. The quantitative estimate of drug-likeness (QED) is 0.157. The number of benzene rings is 8. The van der Waals surface area contributed by atoms with E-state index in [9.17, 15) is 0 Å². The molecular weight excluding hydrogens is 916 g/mol. The first-order valence-electron chi connectivity index (χ1n) is 29.0. The predicted molar refractivity (Wildman–Crippen MR) is 326 cm³/mol. The van der Waals surface area contributed by atoms with Crippen LogP contribution < -0.4 is 15.7 Å². The number of rotatable bonds is 2. The van der Waals surface area contributed by atoms with Gasteiger partial charge >= 0.3 is 6.85 Å². The normalized spacial score (nSPS) is 20.6. The van der Waals surface area contributed by atoms with Gasteiger partial charge in [-0.2, -0.15) is 0 Å². The molecule has 0 unspecified atom stereocenters. The van der Waals surface area contributed by atoms with Gasteiger partial charge in [-0.15, -0.1) is 0 Å². The molecule has 76 heavy (non-hydrogen) atoms. The molecule has 6 aliphatic rings. The van der Waals surface area contributed by atoms with Crippen molar-refractivity contribution in [1.29, 1.82) is 0 Å². The molecular formula is C73H75BN2. The van der Waals surface area contributed by atoms with Crippen LogP contribution in [0.5, 0.6) is 0 Å². The molecule has 0 amide bonds. The van der Waals surface area contributed by atoms with Crippen molar-refractivity contribution in [1.82, 2.24) is 4.57 Å². The lowest BCUT2D eigenvalue weighted by Crippen LogP contribution is -2.61. The zero-order valence-electron chi connectivity index (χ0n) is 47.8. The fourth-order valence-corrected chi connectivity index (χ4v) is 16.6. The van der Waals surface area contributed by atoms with Crippen LogP contribution >= 0.6 is 0 Å². The van der Waals surface area contributed by atoms with Gasteiger partial charge in [0.1, 0.15) is 0 Å². The third-order valence-corrected chi connectivity index (χ3v) is 21.6. The molecule has 0 N–H and O–H groups in total. The van der Waals surface area contributed by atoms with Gasteiger partial charge in [0.2, 0.25) is 0 Å². The van der Waals surface area contributed by atoms with Gasteiger partial charge in [0.25, 0.3) is 0 Å². The van der Waals surface area contributed by atoms with Gasteiger partial charge in [0, 0.05) is 38.8 Å². The smallest absolute Gasteiger partial charge is 0.333 e. The van der Waals surface area contributed by atoms with Crippen LogP contribution in [0.25, 0.3) is 71.6 Å². The Balaban J connectivity index is 1.18. The van der Waals surface area contributed by atoms with E-state index in [4.69, 9.17) is 0 Å². The van der Waals surface area contributed by atoms with Gasteiger partial charge < -0.3 is 9.38 Å². The summed E-state index contributed by atoms with van der Waals surface area (Å²) in [6.07, 6.45) is 7.06. The molecule has 3 heteroatoms. The summed E-state index contributed by atoms with van der Waals surface area (Å²) in [4.78, 5) is 2.89. The number of anilines is 2. The molecule has 3 heterocycles. The third kappa shape index (κ3) is 5.96. The predicted octanol–water partition coefficient (Wildman–Crippen LogP) is 18.2. The zero-order valence-corrected chi connectivity index (χ0v) is 47.8. The lowest BCUT2D eigenvalue weighted by atomic mass is 9.43. The summed E-state index contributed by atoms with van der Waals surface area (Å²) in [5, 5.41) is 5.35. The van der Waals surface area contributed by atoms with E-state index in [1.807, 2.05) is 0 Å². The fraction of sp³-hybridized carbons (Fsp3) is 0.370. The highest BCUT2D eigenvalue weighted by atomic mass is 15.1. The molecule has 0 saturated carbocycles. The molecule has 4 aliphatic carbocycles. The highest BCUT2D eigenvalue weighted by Gasteiger charge is 2.50. The minimum atomic E-state index is -0.131. The van der Waals surface area contributed by atoms with E-state index >= 15 is 0 Å². The first-order valence-corrected chi connectivity index (χ1v) is 29.0. The van der Waals surface area contributed by atoms with Crippen LogP contribution in [0.15, 0.2) is 127 Å². The third-order valence-electron chi connectivity index (χ3n) is 21.6. The van der Waals surface area contributed by atoms with Gasteiger partial charge in [0.05, 0.1) is 11.0 Å². The molecule has 0 bridgehead atoms. The average Bonchev–Trinajstić information content (AvgIpc) is 4.01. The Morgan fingerprint density at radius 1 is 0.382 bits per heavy atom. The molecule has 8 aromatic carbocycles. The van der Waals surface area contributed by atoms with Crippen molar-refractivity contribution in [2.24, 2.45) is 0 Å². The zero-order chi connectivity index (χ0) is 52.8. The van der Waals surface area contributed by atoms with Crippen LogP contribution in [0.4, 0.5) is 11.4 Å². The second-order valence-electron chi connectivity index (χ2n) is 29.2. The Bertz CT molecular complexity index is 4110.